The molecule has 0 radical (unpaired) electrons. The lowest BCUT2D eigenvalue weighted by molar-refractivity contribution is 0.167. The summed E-state index contributed by atoms with van der Waals surface area (Å²) in [4.78, 5) is 10.2. The molecule has 0 aliphatic carbocycles. The monoisotopic (exact) mass is 248 g/mol. The zero-order chi connectivity index (χ0) is 8.97. The third kappa shape index (κ3) is 3.24. The van der Waals surface area contributed by atoms with Gasteiger partial charge in [-0.05, 0) is 17.7 Å². The van der Waals surface area contributed by atoms with Gasteiger partial charge in [0.05, 0.1) is 0 Å². The van der Waals surface area contributed by atoms with Gasteiger partial charge in [0.2, 0.25) is 0 Å². The first-order valence-corrected chi connectivity index (χ1v) is 4.42. The Kier molecular flexibility index (Phi) is 3.56. The molecule has 0 bridgehead atoms. The molecule has 1 aromatic carbocycles. The molecule has 0 saturated heterocycles. The molecule has 0 aliphatic heterocycles. The molecule has 0 aliphatic rings. The quantitative estimate of drug-likeness (QED) is 0.752. The van der Waals surface area contributed by atoms with Crippen LogP contribution in [0, 0.1) is 0 Å². The fourth-order valence-electron chi connectivity index (χ4n) is 0.721. The van der Waals surface area contributed by atoms with Crippen LogP contribution >= 0.6 is 27.5 Å². The van der Waals surface area contributed by atoms with Crippen LogP contribution in [0.25, 0.3) is 0 Å². The molecule has 0 heterocycles. The summed E-state index contributed by atoms with van der Waals surface area (Å²) in [7, 11) is 0. The fraction of sp³-hybridized carbons (Fsp3) is 0.125. The average Bonchev–Trinajstić information content (AvgIpc) is 2.03. The molecule has 12 heavy (non-hydrogen) atoms. The van der Waals surface area contributed by atoms with E-state index in [9.17, 15) is 4.79 Å². The molecule has 0 N–H and O–H groups in total. The summed E-state index contributed by atoms with van der Waals surface area (Å²) in [6.07, 6.45) is 0. The summed E-state index contributed by atoms with van der Waals surface area (Å²) in [6, 6.07) is 7.45. The number of ether oxygens (including phenoxy) is 1. The molecule has 1 rings (SSSR count). The van der Waals surface area contributed by atoms with Gasteiger partial charge in [-0.25, -0.2) is 4.79 Å². The first-order chi connectivity index (χ1) is 5.68. The Bertz CT molecular complexity index is 271. The van der Waals surface area contributed by atoms with Crippen LogP contribution < -0.4 is 0 Å². The van der Waals surface area contributed by atoms with Crippen LogP contribution in [0.15, 0.2) is 28.7 Å². The van der Waals surface area contributed by atoms with Gasteiger partial charge in [0.15, 0.2) is 0 Å². The van der Waals surface area contributed by atoms with Crippen molar-refractivity contribution in [3.8, 4) is 0 Å². The number of hydrogen-bond donors (Lipinski definition) is 0. The predicted molar refractivity (Wildman–Crippen MR) is 50.2 cm³/mol. The van der Waals surface area contributed by atoms with E-state index in [0.29, 0.717) is 0 Å². The van der Waals surface area contributed by atoms with Crippen molar-refractivity contribution < 1.29 is 9.53 Å². The summed E-state index contributed by atoms with van der Waals surface area (Å²) in [6.45, 7) is 0.218. The summed E-state index contributed by atoms with van der Waals surface area (Å²) in [5.74, 6) is 0. The van der Waals surface area contributed by atoms with E-state index >= 15 is 0 Å². The van der Waals surface area contributed by atoms with Gasteiger partial charge in [-0.15, -0.1) is 0 Å². The Morgan fingerprint density at radius 1 is 1.42 bits per heavy atom. The highest BCUT2D eigenvalue weighted by Gasteiger charge is 1.96. The zero-order valence-electron chi connectivity index (χ0n) is 6.09. The van der Waals surface area contributed by atoms with Crippen molar-refractivity contribution in [2.75, 3.05) is 0 Å². The molecule has 0 aromatic heterocycles. The standard InChI is InChI=1S/C8H6BrClO2/c9-7-3-1-6(2-4-7)5-12-8(10)11/h1-4H,5H2. The lowest BCUT2D eigenvalue weighted by atomic mass is 10.2. The number of carbonyl (C=O) groups excluding carboxylic acids is 1. The molecule has 0 amide bonds. The molecule has 0 fully saturated rings. The second-order valence-corrected chi connectivity index (χ2v) is 3.38. The first kappa shape index (κ1) is 9.55. The number of halogens is 2. The third-order valence-corrected chi connectivity index (χ3v) is 1.90. The largest absolute Gasteiger partial charge is 0.449 e. The van der Waals surface area contributed by atoms with Gasteiger partial charge in [0.25, 0.3) is 0 Å². The number of rotatable bonds is 2. The van der Waals surface area contributed by atoms with Crippen LogP contribution in [-0.2, 0) is 11.3 Å². The molecule has 0 saturated carbocycles. The second kappa shape index (κ2) is 4.48. The second-order valence-electron chi connectivity index (χ2n) is 2.15. The lowest BCUT2D eigenvalue weighted by Crippen LogP contribution is -1.93. The topological polar surface area (TPSA) is 26.3 Å². The van der Waals surface area contributed by atoms with Gasteiger partial charge in [0.1, 0.15) is 6.61 Å². The highest BCUT2D eigenvalue weighted by atomic mass is 79.9. The Hall–Kier alpha value is -0.540. The zero-order valence-corrected chi connectivity index (χ0v) is 8.43. The van der Waals surface area contributed by atoms with Gasteiger partial charge >= 0.3 is 5.43 Å². The fourth-order valence-corrected chi connectivity index (χ4v) is 1.04. The summed E-state index contributed by atoms with van der Waals surface area (Å²) in [5.41, 5.74) is 0.130. The molecule has 1 aromatic rings. The molecular weight excluding hydrogens is 243 g/mol. The minimum absolute atomic E-state index is 0.218. The van der Waals surface area contributed by atoms with E-state index in [-0.39, 0.29) is 6.61 Å². The van der Waals surface area contributed by atoms with Crippen molar-refractivity contribution in [3.63, 3.8) is 0 Å². The van der Waals surface area contributed by atoms with Crippen molar-refractivity contribution in [3.05, 3.63) is 34.3 Å². The smallest absolute Gasteiger partial charge is 0.404 e. The van der Waals surface area contributed by atoms with Crippen molar-refractivity contribution in [2.24, 2.45) is 0 Å². The van der Waals surface area contributed by atoms with Gasteiger partial charge < -0.3 is 4.74 Å². The Morgan fingerprint density at radius 3 is 2.50 bits per heavy atom. The maximum Gasteiger partial charge on any atom is 0.404 e. The van der Waals surface area contributed by atoms with Crippen LogP contribution in [0.3, 0.4) is 0 Å². The van der Waals surface area contributed by atoms with Crippen LogP contribution in [-0.4, -0.2) is 5.43 Å². The van der Waals surface area contributed by atoms with E-state index in [1.54, 1.807) is 0 Å². The Labute approximate surface area is 83.6 Å². The van der Waals surface area contributed by atoms with Crippen LogP contribution in [0.5, 0.6) is 0 Å². The number of hydrogen-bond acceptors (Lipinski definition) is 2. The van der Waals surface area contributed by atoms with Crippen molar-refractivity contribution in [1.82, 2.24) is 0 Å². The molecule has 64 valence electrons. The molecule has 4 heteroatoms. The van der Waals surface area contributed by atoms with Gasteiger partial charge in [-0.3, -0.25) is 0 Å². The number of carbonyl (C=O) groups is 1. The lowest BCUT2D eigenvalue weighted by Gasteiger charge is -1.99. The van der Waals surface area contributed by atoms with Gasteiger partial charge in [0, 0.05) is 16.1 Å². The summed E-state index contributed by atoms with van der Waals surface area (Å²) >= 11 is 8.28. The third-order valence-electron chi connectivity index (χ3n) is 1.27. The van der Waals surface area contributed by atoms with Crippen molar-refractivity contribution >= 4 is 33.0 Å². The molecular formula is C8H6BrClO2. The minimum atomic E-state index is -0.780. The maximum absolute atomic E-state index is 10.2. The van der Waals surface area contributed by atoms with E-state index < -0.39 is 5.43 Å². The molecule has 0 unspecified atom stereocenters. The van der Waals surface area contributed by atoms with Crippen LogP contribution in [0.2, 0.25) is 0 Å². The minimum Gasteiger partial charge on any atom is -0.449 e. The average molecular weight is 249 g/mol. The van der Waals surface area contributed by atoms with E-state index in [1.807, 2.05) is 24.3 Å². The SMILES string of the molecule is O=C(Cl)OCc1ccc(Br)cc1. The Balaban J connectivity index is 2.53. The molecule has 2 nitrogen and oxygen atoms in total. The predicted octanol–water partition coefficient (Wildman–Crippen LogP) is 3.32. The van der Waals surface area contributed by atoms with Crippen LogP contribution in [0.1, 0.15) is 5.56 Å². The first-order valence-electron chi connectivity index (χ1n) is 3.25. The highest BCUT2D eigenvalue weighted by Crippen LogP contribution is 2.11. The highest BCUT2D eigenvalue weighted by molar-refractivity contribution is 9.10. The van der Waals surface area contributed by atoms with E-state index in [1.165, 1.54) is 0 Å². The maximum atomic E-state index is 10.2. The van der Waals surface area contributed by atoms with Gasteiger partial charge in [-0.1, -0.05) is 28.1 Å². The normalized spacial score (nSPS) is 9.50. The Morgan fingerprint density at radius 2 is 2.00 bits per heavy atom. The van der Waals surface area contributed by atoms with Gasteiger partial charge in [-0.2, -0.15) is 0 Å². The van der Waals surface area contributed by atoms with E-state index in [2.05, 4.69) is 20.7 Å². The summed E-state index contributed by atoms with van der Waals surface area (Å²) < 4.78 is 5.57. The molecule has 0 spiro atoms. The van der Waals surface area contributed by atoms with E-state index in [4.69, 9.17) is 11.6 Å². The number of benzene rings is 1. The molecule has 0 atom stereocenters. The van der Waals surface area contributed by atoms with Crippen molar-refractivity contribution in [1.29, 1.82) is 0 Å². The van der Waals surface area contributed by atoms with Crippen LogP contribution in [0.4, 0.5) is 4.79 Å². The summed E-state index contributed by atoms with van der Waals surface area (Å²) in [5, 5.41) is 0. The van der Waals surface area contributed by atoms with E-state index in [0.717, 1.165) is 10.0 Å². The van der Waals surface area contributed by atoms with Crippen molar-refractivity contribution in [2.45, 2.75) is 6.61 Å².